The summed E-state index contributed by atoms with van der Waals surface area (Å²) in [6.07, 6.45) is 1.71. The molecule has 0 unspecified atom stereocenters. The van der Waals surface area contributed by atoms with E-state index in [0.717, 1.165) is 48.1 Å². The number of aromatic nitrogens is 1. The zero-order chi connectivity index (χ0) is 18.6. The van der Waals surface area contributed by atoms with Gasteiger partial charge in [0.05, 0.1) is 12.2 Å². The highest BCUT2D eigenvalue weighted by molar-refractivity contribution is 6.01. The number of rotatable bonds is 1. The van der Waals surface area contributed by atoms with Gasteiger partial charge in [0.25, 0.3) is 5.91 Å². The number of carbonyl (C=O) groups is 1. The van der Waals surface area contributed by atoms with Gasteiger partial charge in [-0.1, -0.05) is 35.9 Å². The van der Waals surface area contributed by atoms with Gasteiger partial charge in [-0.2, -0.15) is 0 Å². The Labute approximate surface area is 159 Å². The van der Waals surface area contributed by atoms with Crippen LogP contribution in [0.1, 0.15) is 45.6 Å². The van der Waals surface area contributed by atoms with Gasteiger partial charge >= 0.3 is 0 Å². The fourth-order valence-electron chi connectivity index (χ4n) is 4.68. The average molecular weight is 360 g/mol. The van der Waals surface area contributed by atoms with Gasteiger partial charge in [-0.25, -0.2) is 0 Å². The van der Waals surface area contributed by atoms with E-state index >= 15 is 0 Å². The van der Waals surface area contributed by atoms with Crippen molar-refractivity contribution in [2.45, 2.75) is 38.9 Å². The Morgan fingerprint density at radius 2 is 1.89 bits per heavy atom. The Balaban J connectivity index is 1.39. The number of nitrogens with one attached hydrogen (secondary N) is 1. The summed E-state index contributed by atoms with van der Waals surface area (Å²) < 4.78 is 6.22. The lowest BCUT2D eigenvalue weighted by molar-refractivity contribution is -0.0742. The quantitative estimate of drug-likeness (QED) is 0.697. The standard InChI is InChI=1S/C23H24N2O2/c1-15-7-8-20-18(13-15)16(2)21(24-20)22(26)25-11-9-23(10-12-25)19-6-4-3-5-17(19)14-27-23/h3-8,13,24H,9-12,14H2,1-2H3. The number of H-pyrrole nitrogens is 1. The Bertz CT molecular complexity index is 1040. The molecule has 3 heterocycles. The van der Waals surface area contributed by atoms with Crippen molar-refractivity contribution in [1.82, 2.24) is 9.88 Å². The lowest BCUT2D eigenvalue weighted by atomic mass is 9.83. The van der Waals surface area contributed by atoms with Crippen molar-refractivity contribution in [3.8, 4) is 0 Å². The second kappa shape index (κ2) is 5.96. The minimum atomic E-state index is -0.208. The van der Waals surface area contributed by atoms with E-state index in [1.807, 2.05) is 11.8 Å². The van der Waals surface area contributed by atoms with Crippen molar-refractivity contribution in [2.24, 2.45) is 0 Å². The molecule has 138 valence electrons. The van der Waals surface area contributed by atoms with E-state index in [-0.39, 0.29) is 11.5 Å². The Morgan fingerprint density at radius 1 is 1.11 bits per heavy atom. The van der Waals surface area contributed by atoms with Gasteiger partial charge in [0.2, 0.25) is 0 Å². The van der Waals surface area contributed by atoms with Crippen LogP contribution in [0, 0.1) is 13.8 Å². The Morgan fingerprint density at radius 3 is 2.70 bits per heavy atom. The third kappa shape index (κ3) is 2.51. The Hall–Kier alpha value is -2.59. The van der Waals surface area contributed by atoms with E-state index in [9.17, 15) is 4.79 Å². The van der Waals surface area contributed by atoms with E-state index in [0.29, 0.717) is 6.61 Å². The molecule has 0 radical (unpaired) electrons. The van der Waals surface area contributed by atoms with Crippen LogP contribution >= 0.6 is 0 Å². The summed E-state index contributed by atoms with van der Waals surface area (Å²) in [4.78, 5) is 18.5. The highest BCUT2D eigenvalue weighted by atomic mass is 16.5. The molecule has 4 nitrogen and oxygen atoms in total. The van der Waals surface area contributed by atoms with E-state index in [1.165, 1.54) is 16.7 Å². The van der Waals surface area contributed by atoms with Crippen LogP contribution in [-0.2, 0) is 16.9 Å². The van der Waals surface area contributed by atoms with E-state index < -0.39 is 0 Å². The topological polar surface area (TPSA) is 45.3 Å². The lowest BCUT2D eigenvalue weighted by Crippen LogP contribution is -2.45. The summed E-state index contributed by atoms with van der Waals surface area (Å²) in [5, 5.41) is 1.14. The second-order valence-electron chi connectivity index (χ2n) is 7.91. The van der Waals surface area contributed by atoms with Crippen molar-refractivity contribution in [2.75, 3.05) is 13.1 Å². The summed E-state index contributed by atoms with van der Waals surface area (Å²) in [5.74, 6) is 0.0995. The van der Waals surface area contributed by atoms with Crippen LogP contribution in [0.5, 0.6) is 0 Å². The molecule has 1 saturated heterocycles. The van der Waals surface area contributed by atoms with Crippen LogP contribution in [0.15, 0.2) is 42.5 Å². The maximum absolute atomic E-state index is 13.2. The molecule has 0 aliphatic carbocycles. The number of piperidine rings is 1. The molecule has 5 rings (SSSR count). The third-order valence-electron chi connectivity index (χ3n) is 6.30. The summed E-state index contributed by atoms with van der Waals surface area (Å²) in [6, 6.07) is 14.8. The first-order valence-electron chi connectivity index (χ1n) is 9.68. The lowest BCUT2D eigenvalue weighted by Gasteiger charge is -2.39. The van der Waals surface area contributed by atoms with E-state index in [1.54, 1.807) is 0 Å². The van der Waals surface area contributed by atoms with Crippen LogP contribution in [0.3, 0.4) is 0 Å². The molecule has 1 N–H and O–H groups in total. The summed E-state index contributed by atoms with van der Waals surface area (Å²) in [7, 11) is 0. The maximum Gasteiger partial charge on any atom is 0.270 e. The predicted octanol–water partition coefficient (Wildman–Crippen LogP) is 4.45. The van der Waals surface area contributed by atoms with E-state index in [2.05, 4.69) is 54.4 Å². The average Bonchev–Trinajstić information content (AvgIpc) is 3.21. The molecule has 1 aromatic heterocycles. The smallest absolute Gasteiger partial charge is 0.270 e. The first-order chi connectivity index (χ1) is 13.1. The predicted molar refractivity (Wildman–Crippen MR) is 106 cm³/mol. The highest BCUT2D eigenvalue weighted by Gasteiger charge is 2.43. The molecule has 4 heteroatoms. The van der Waals surface area contributed by atoms with Gasteiger partial charge in [-0.3, -0.25) is 4.79 Å². The number of carbonyl (C=O) groups excluding carboxylic acids is 1. The van der Waals surface area contributed by atoms with Crippen molar-refractivity contribution < 1.29 is 9.53 Å². The monoisotopic (exact) mass is 360 g/mol. The van der Waals surface area contributed by atoms with Crippen LogP contribution in [-0.4, -0.2) is 28.9 Å². The van der Waals surface area contributed by atoms with Gasteiger partial charge in [0.15, 0.2) is 0 Å². The summed E-state index contributed by atoms with van der Waals surface area (Å²) in [5.41, 5.74) is 6.40. The van der Waals surface area contributed by atoms with Gasteiger partial charge in [-0.05, 0) is 55.5 Å². The van der Waals surface area contributed by atoms with Gasteiger partial charge < -0.3 is 14.6 Å². The normalized spacial score (nSPS) is 18.2. The number of benzene rings is 2. The molecule has 3 aromatic rings. The van der Waals surface area contributed by atoms with Crippen LogP contribution < -0.4 is 0 Å². The first kappa shape index (κ1) is 16.6. The minimum absolute atomic E-state index is 0.0995. The highest BCUT2D eigenvalue weighted by Crippen LogP contribution is 2.44. The van der Waals surface area contributed by atoms with Crippen molar-refractivity contribution in [1.29, 1.82) is 0 Å². The molecular weight excluding hydrogens is 336 g/mol. The number of aromatic amines is 1. The fraction of sp³-hybridized carbons (Fsp3) is 0.348. The van der Waals surface area contributed by atoms with Crippen molar-refractivity contribution in [3.05, 3.63) is 70.4 Å². The molecule has 0 atom stereocenters. The number of hydrogen-bond donors (Lipinski definition) is 1. The number of amides is 1. The van der Waals surface area contributed by atoms with Crippen LogP contribution in [0.2, 0.25) is 0 Å². The number of hydrogen-bond acceptors (Lipinski definition) is 2. The maximum atomic E-state index is 13.2. The molecule has 2 aromatic carbocycles. The van der Waals surface area contributed by atoms with E-state index in [4.69, 9.17) is 4.74 Å². The Kier molecular flexibility index (Phi) is 3.66. The summed E-state index contributed by atoms with van der Waals surface area (Å²) in [6.45, 7) is 6.25. The number of nitrogens with zero attached hydrogens (tertiary/aromatic N) is 1. The number of ether oxygens (including phenoxy) is 1. The minimum Gasteiger partial charge on any atom is -0.365 e. The zero-order valence-corrected chi connectivity index (χ0v) is 15.8. The molecule has 1 amide bonds. The largest absolute Gasteiger partial charge is 0.365 e. The van der Waals surface area contributed by atoms with Crippen molar-refractivity contribution in [3.63, 3.8) is 0 Å². The molecular formula is C23H24N2O2. The third-order valence-corrected chi connectivity index (χ3v) is 6.30. The molecule has 1 spiro atoms. The zero-order valence-electron chi connectivity index (χ0n) is 15.8. The van der Waals surface area contributed by atoms with Gasteiger partial charge in [0, 0.05) is 24.0 Å². The fourth-order valence-corrected chi connectivity index (χ4v) is 4.68. The summed E-state index contributed by atoms with van der Waals surface area (Å²) >= 11 is 0. The number of aryl methyl sites for hydroxylation is 2. The molecule has 0 bridgehead atoms. The molecule has 27 heavy (non-hydrogen) atoms. The molecule has 2 aliphatic rings. The van der Waals surface area contributed by atoms with Crippen molar-refractivity contribution >= 4 is 16.8 Å². The van der Waals surface area contributed by atoms with Gasteiger partial charge in [0.1, 0.15) is 5.69 Å². The SMILES string of the molecule is Cc1ccc2[nH]c(C(=O)N3CCC4(CC3)OCc3ccccc34)c(C)c2c1. The molecule has 0 saturated carbocycles. The number of fused-ring (bicyclic) bond motifs is 3. The molecule has 2 aliphatic heterocycles. The van der Waals surface area contributed by atoms with Crippen LogP contribution in [0.25, 0.3) is 10.9 Å². The second-order valence-corrected chi connectivity index (χ2v) is 7.91. The van der Waals surface area contributed by atoms with Crippen LogP contribution in [0.4, 0.5) is 0 Å². The molecule has 1 fully saturated rings. The first-order valence-corrected chi connectivity index (χ1v) is 9.68. The van der Waals surface area contributed by atoms with Gasteiger partial charge in [-0.15, -0.1) is 0 Å². The number of likely N-dealkylation sites (tertiary alicyclic amines) is 1.